The molecule has 3 aliphatic carbocycles. The Morgan fingerprint density at radius 3 is 2.36 bits per heavy atom. The Morgan fingerprint density at radius 2 is 1.77 bits per heavy atom. The van der Waals surface area contributed by atoms with Gasteiger partial charge >= 0.3 is 136 Å². The van der Waals surface area contributed by atoms with E-state index in [4.69, 9.17) is 0 Å². The van der Waals surface area contributed by atoms with Gasteiger partial charge in [0.1, 0.15) is 0 Å². The Balaban J connectivity index is 0.00000121. The third-order valence-corrected chi connectivity index (χ3v) is 8.88. The van der Waals surface area contributed by atoms with Crippen LogP contribution in [0.15, 0.2) is 42.0 Å². The molecule has 0 aromatic carbocycles. The number of hydrogen-bond acceptors (Lipinski definition) is 0. The van der Waals surface area contributed by atoms with E-state index >= 15 is 0 Å². The SMILES string of the molecule is CCC1=[C]([Zr+2][C]2=CC=CC2)C(C2CCCCCC2)=CC1.[Cl-].[Cl-]. The average Bonchev–Trinajstić information content (AvgIpc) is 3.03. The van der Waals surface area contributed by atoms with Gasteiger partial charge in [-0.2, -0.15) is 0 Å². The second-order valence-electron chi connectivity index (χ2n) is 6.33. The van der Waals surface area contributed by atoms with Crippen LogP contribution in [0.4, 0.5) is 0 Å². The molecule has 3 aliphatic rings. The van der Waals surface area contributed by atoms with Gasteiger partial charge in [0.25, 0.3) is 0 Å². The summed E-state index contributed by atoms with van der Waals surface area (Å²) < 4.78 is 3.69. The van der Waals surface area contributed by atoms with E-state index in [-0.39, 0.29) is 24.8 Å². The molecule has 0 heterocycles. The van der Waals surface area contributed by atoms with Gasteiger partial charge in [-0.25, -0.2) is 0 Å². The predicted molar refractivity (Wildman–Crippen MR) is 83.0 cm³/mol. The Bertz CT molecular complexity index is 478. The van der Waals surface area contributed by atoms with Crippen molar-refractivity contribution in [3.05, 3.63) is 42.0 Å². The van der Waals surface area contributed by atoms with E-state index < -0.39 is 23.2 Å². The topological polar surface area (TPSA) is 0 Å². The molecule has 22 heavy (non-hydrogen) atoms. The first-order valence-electron chi connectivity index (χ1n) is 8.43. The first-order chi connectivity index (χ1) is 9.88. The fourth-order valence-electron chi connectivity index (χ4n) is 3.78. The molecule has 1 saturated carbocycles. The molecule has 120 valence electrons. The van der Waals surface area contributed by atoms with Crippen molar-refractivity contribution in [1.29, 1.82) is 0 Å². The van der Waals surface area contributed by atoms with Crippen LogP contribution in [-0.2, 0) is 23.2 Å². The molecule has 0 nitrogen and oxygen atoms in total. The smallest absolute Gasteiger partial charge is 1.00 e. The quantitative estimate of drug-likeness (QED) is 0.561. The van der Waals surface area contributed by atoms with Crippen molar-refractivity contribution in [3.8, 4) is 0 Å². The maximum atomic E-state index is 2.62. The van der Waals surface area contributed by atoms with Crippen LogP contribution < -0.4 is 24.8 Å². The molecular formula is C19H26Cl2Zr. The third kappa shape index (κ3) is 4.96. The van der Waals surface area contributed by atoms with Gasteiger partial charge in [0.2, 0.25) is 0 Å². The Labute approximate surface area is 160 Å². The maximum Gasteiger partial charge on any atom is -1.00 e. The molecule has 0 aliphatic heterocycles. The largest absolute Gasteiger partial charge is 1.00 e. The third-order valence-electron chi connectivity index (χ3n) is 4.99. The van der Waals surface area contributed by atoms with Crippen molar-refractivity contribution in [3.63, 3.8) is 0 Å². The molecule has 0 amide bonds. The summed E-state index contributed by atoms with van der Waals surface area (Å²) in [4.78, 5) is 0. The minimum absolute atomic E-state index is 0. The van der Waals surface area contributed by atoms with Gasteiger partial charge in [-0.15, -0.1) is 0 Å². The second kappa shape index (κ2) is 10.3. The molecule has 0 aromatic heterocycles. The molecule has 1 fully saturated rings. The van der Waals surface area contributed by atoms with E-state index in [1.807, 2.05) is 8.85 Å². The molecule has 0 aromatic rings. The standard InChI is InChI=1S/C14H21.C5H5.2ClH.Zr/c1-2-12-9-10-14(11-12)13-7-5-3-4-6-8-13;1-2-4-5-3-1;;;/h10,13H,2-9H2,1H3;1-3H,4H2;2*1H;/q;;;;+2/p-2. The molecular weight excluding hydrogens is 390 g/mol. The average molecular weight is 417 g/mol. The van der Waals surface area contributed by atoms with Gasteiger partial charge in [-0.05, 0) is 0 Å². The van der Waals surface area contributed by atoms with E-state index in [9.17, 15) is 0 Å². The summed E-state index contributed by atoms with van der Waals surface area (Å²) in [6.45, 7) is 2.36. The maximum absolute atomic E-state index is 2.62. The number of halogens is 2. The summed E-state index contributed by atoms with van der Waals surface area (Å²) in [6.07, 6.45) is 22.2. The van der Waals surface area contributed by atoms with Crippen molar-refractivity contribution < 1.29 is 48.0 Å². The van der Waals surface area contributed by atoms with Crippen LogP contribution in [0.2, 0.25) is 0 Å². The summed E-state index contributed by atoms with van der Waals surface area (Å²) in [5.41, 5.74) is 3.62. The van der Waals surface area contributed by atoms with Gasteiger partial charge in [-0.1, -0.05) is 0 Å². The Hall–Kier alpha value is 0.423. The van der Waals surface area contributed by atoms with Crippen molar-refractivity contribution in [1.82, 2.24) is 0 Å². The first kappa shape index (κ1) is 20.5. The summed E-state index contributed by atoms with van der Waals surface area (Å²) in [7, 11) is 0. The molecule has 0 spiro atoms. The van der Waals surface area contributed by atoms with E-state index in [1.54, 1.807) is 8.85 Å². The molecule has 0 unspecified atom stereocenters. The minimum atomic E-state index is -0.504. The van der Waals surface area contributed by atoms with Crippen molar-refractivity contribution >= 4 is 0 Å². The van der Waals surface area contributed by atoms with E-state index in [0.717, 1.165) is 5.92 Å². The number of allylic oxidation sites excluding steroid dienone is 8. The van der Waals surface area contributed by atoms with E-state index in [2.05, 4.69) is 31.2 Å². The van der Waals surface area contributed by atoms with E-state index in [0.29, 0.717) is 0 Å². The number of rotatable bonds is 4. The molecule has 3 heteroatoms. The molecule has 0 bridgehead atoms. The van der Waals surface area contributed by atoms with Crippen LogP contribution in [0.1, 0.15) is 64.7 Å². The first-order valence-corrected chi connectivity index (χ1v) is 10.9. The Morgan fingerprint density at radius 1 is 1.05 bits per heavy atom. The van der Waals surface area contributed by atoms with Crippen LogP contribution in [-0.4, -0.2) is 0 Å². The summed E-state index contributed by atoms with van der Waals surface area (Å²) in [5.74, 6) is 0.910. The second-order valence-corrected chi connectivity index (χ2v) is 9.76. The minimum Gasteiger partial charge on any atom is -1.00 e. The van der Waals surface area contributed by atoms with Crippen LogP contribution in [0, 0.1) is 5.92 Å². The molecule has 3 rings (SSSR count). The summed E-state index contributed by atoms with van der Waals surface area (Å²) >= 11 is -0.504. The fourth-order valence-corrected chi connectivity index (χ4v) is 7.78. The Kier molecular flexibility index (Phi) is 9.60. The van der Waals surface area contributed by atoms with Crippen LogP contribution >= 0.6 is 0 Å². The molecule has 0 atom stereocenters. The molecule has 0 saturated heterocycles. The van der Waals surface area contributed by atoms with Gasteiger partial charge in [0, 0.05) is 0 Å². The molecule has 0 N–H and O–H groups in total. The zero-order valence-corrected chi connectivity index (χ0v) is 17.5. The van der Waals surface area contributed by atoms with Crippen molar-refractivity contribution in [2.75, 3.05) is 0 Å². The number of hydrogen-bond donors (Lipinski definition) is 0. The predicted octanol–water partition coefficient (Wildman–Crippen LogP) is -0.115. The van der Waals surface area contributed by atoms with Gasteiger partial charge in [-0.3, -0.25) is 0 Å². The van der Waals surface area contributed by atoms with Crippen LogP contribution in [0.5, 0.6) is 0 Å². The van der Waals surface area contributed by atoms with Gasteiger partial charge in [0.15, 0.2) is 0 Å². The van der Waals surface area contributed by atoms with Gasteiger partial charge in [0.05, 0.1) is 0 Å². The monoisotopic (exact) mass is 414 g/mol. The fraction of sp³-hybridized carbons (Fsp3) is 0.579. The van der Waals surface area contributed by atoms with E-state index in [1.165, 1.54) is 57.8 Å². The van der Waals surface area contributed by atoms with Crippen molar-refractivity contribution in [2.24, 2.45) is 5.92 Å². The summed E-state index contributed by atoms with van der Waals surface area (Å²) in [6, 6.07) is 0. The normalized spacial score (nSPS) is 21.5. The zero-order chi connectivity index (χ0) is 13.8. The van der Waals surface area contributed by atoms with Crippen LogP contribution in [0.3, 0.4) is 0 Å². The summed E-state index contributed by atoms with van der Waals surface area (Å²) in [5, 5.41) is 0. The van der Waals surface area contributed by atoms with Crippen LogP contribution in [0.25, 0.3) is 0 Å². The van der Waals surface area contributed by atoms with Crippen molar-refractivity contribution in [2.45, 2.75) is 64.7 Å². The van der Waals surface area contributed by atoms with Gasteiger partial charge < -0.3 is 24.8 Å². The molecule has 0 radical (unpaired) electrons. The zero-order valence-electron chi connectivity index (χ0n) is 13.5.